The Balaban J connectivity index is 2.82. The number of carboxylic acid groups (broad SMARTS) is 1. The summed E-state index contributed by atoms with van der Waals surface area (Å²) in [4.78, 5) is 24.7. The molecule has 6 heteroatoms. The van der Waals surface area contributed by atoms with Crippen LogP contribution in [0.25, 0.3) is 0 Å². The zero-order chi connectivity index (χ0) is 14.4. The number of nitrogens with zero attached hydrogens (tertiary/aromatic N) is 1. The summed E-state index contributed by atoms with van der Waals surface area (Å²) in [5.41, 5.74) is 1.23. The minimum absolute atomic E-state index is 0.0194. The van der Waals surface area contributed by atoms with Gasteiger partial charge in [0.1, 0.15) is 6.04 Å². The summed E-state index contributed by atoms with van der Waals surface area (Å²) in [6, 6.07) is 5.78. The van der Waals surface area contributed by atoms with E-state index in [-0.39, 0.29) is 13.0 Å². The summed E-state index contributed by atoms with van der Waals surface area (Å²) >= 11 is 0. The van der Waals surface area contributed by atoms with Gasteiger partial charge >= 0.3 is 5.97 Å². The summed E-state index contributed by atoms with van der Waals surface area (Å²) in [5, 5.41) is 20.1. The van der Waals surface area contributed by atoms with Gasteiger partial charge in [-0.1, -0.05) is 6.07 Å². The number of aliphatic hydroxyl groups is 1. The number of rotatable bonds is 6. The van der Waals surface area contributed by atoms with Gasteiger partial charge in [0, 0.05) is 38.4 Å². The fraction of sp³-hybridized carbons (Fsp3) is 0.385. The molecule has 1 rings (SSSR count). The highest BCUT2D eigenvalue weighted by Gasteiger charge is 2.20. The number of nitrogens with one attached hydrogen (secondary N) is 1. The van der Waals surface area contributed by atoms with Gasteiger partial charge in [0.25, 0.3) is 5.91 Å². The molecule has 0 aromatic heterocycles. The summed E-state index contributed by atoms with van der Waals surface area (Å²) in [5.74, 6) is -1.63. The number of hydrogen-bond donors (Lipinski definition) is 3. The molecule has 0 saturated heterocycles. The topological polar surface area (TPSA) is 89.9 Å². The fourth-order valence-electron chi connectivity index (χ4n) is 1.55. The van der Waals surface area contributed by atoms with E-state index in [9.17, 15) is 9.59 Å². The Morgan fingerprint density at radius 1 is 1.37 bits per heavy atom. The third-order valence-corrected chi connectivity index (χ3v) is 2.65. The molecule has 0 aliphatic heterocycles. The van der Waals surface area contributed by atoms with Crippen molar-refractivity contribution in [2.24, 2.45) is 0 Å². The van der Waals surface area contributed by atoms with Crippen molar-refractivity contribution in [1.29, 1.82) is 0 Å². The van der Waals surface area contributed by atoms with Crippen molar-refractivity contribution in [3.63, 3.8) is 0 Å². The maximum absolute atomic E-state index is 11.9. The van der Waals surface area contributed by atoms with Crippen molar-refractivity contribution in [3.8, 4) is 0 Å². The van der Waals surface area contributed by atoms with E-state index in [0.717, 1.165) is 5.69 Å². The first kappa shape index (κ1) is 15.0. The van der Waals surface area contributed by atoms with E-state index in [1.807, 2.05) is 25.1 Å². The van der Waals surface area contributed by atoms with Gasteiger partial charge < -0.3 is 20.4 Å². The normalized spacial score (nSPS) is 11.7. The molecule has 19 heavy (non-hydrogen) atoms. The molecule has 0 fully saturated rings. The van der Waals surface area contributed by atoms with Crippen molar-refractivity contribution in [2.75, 3.05) is 25.6 Å². The number of carbonyl (C=O) groups excluding carboxylic acids is 1. The van der Waals surface area contributed by atoms with E-state index in [2.05, 4.69) is 5.32 Å². The molecule has 0 unspecified atom stereocenters. The second-order valence-corrected chi connectivity index (χ2v) is 4.32. The van der Waals surface area contributed by atoms with Gasteiger partial charge in [-0.25, -0.2) is 4.79 Å². The summed E-state index contributed by atoms with van der Waals surface area (Å²) < 4.78 is 0. The van der Waals surface area contributed by atoms with Crippen LogP contribution in [0, 0.1) is 0 Å². The molecule has 104 valence electrons. The molecule has 1 amide bonds. The van der Waals surface area contributed by atoms with Crippen molar-refractivity contribution < 1.29 is 19.8 Å². The molecule has 6 nitrogen and oxygen atoms in total. The lowest BCUT2D eigenvalue weighted by atomic mass is 10.1. The van der Waals surface area contributed by atoms with Gasteiger partial charge in [-0.2, -0.15) is 0 Å². The highest BCUT2D eigenvalue weighted by Crippen LogP contribution is 2.13. The maximum Gasteiger partial charge on any atom is 0.326 e. The van der Waals surface area contributed by atoms with Crippen LogP contribution in [0.2, 0.25) is 0 Å². The minimum atomic E-state index is -1.16. The number of carboxylic acids is 1. The van der Waals surface area contributed by atoms with Crippen LogP contribution in [-0.4, -0.2) is 48.8 Å². The molecule has 0 radical (unpaired) electrons. The lowest BCUT2D eigenvalue weighted by Crippen LogP contribution is -2.41. The van der Waals surface area contributed by atoms with Crippen molar-refractivity contribution in [2.45, 2.75) is 12.5 Å². The molecule has 0 bridgehead atoms. The van der Waals surface area contributed by atoms with E-state index < -0.39 is 17.9 Å². The highest BCUT2D eigenvalue weighted by atomic mass is 16.4. The van der Waals surface area contributed by atoms with E-state index >= 15 is 0 Å². The number of carbonyl (C=O) groups is 2. The Labute approximate surface area is 111 Å². The highest BCUT2D eigenvalue weighted by molar-refractivity contribution is 5.97. The summed E-state index contributed by atoms with van der Waals surface area (Å²) in [7, 11) is 3.70. The summed E-state index contributed by atoms with van der Waals surface area (Å²) in [6.07, 6.45) is -0.0194. The number of benzene rings is 1. The lowest BCUT2D eigenvalue weighted by molar-refractivity contribution is -0.139. The molecular formula is C13H18N2O4. The molecule has 0 spiro atoms. The Morgan fingerprint density at radius 3 is 2.58 bits per heavy atom. The standard InChI is InChI=1S/C13H18N2O4/c1-15(2)10-5-3-4-9(8-10)12(17)14-11(6-7-16)13(18)19/h3-5,8,11,16H,6-7H2,1-2H3,(H,14,17)(H,18,19)/t11-/m0/s1. The molecule has 1 atom stereocenters. The smallest absolute Gasteiger partial charge is 0.326 e. The predicted octanol–water partition coefficient (Wildman–Crippen LogP) is 0.318. The van der Waals surface area contributed by atoms with Crippen LogP contribution in [-0.2, 0) is 4.79 Å². The lowest BCUT2D eigenvalue weighted by Gasteiger charge is -2.15. The minimum Gasteiger partial charge on any atom is -0.480 e. The predicted molar refractivity (Wildman–Crippen MR) is 71.4 cm³/mol. The Morgan fingerprint density at radius 2 is 2.05 bits per heavy atom. The first-order chi connectivity index (χ1) is 8.95. The van der Waals surface area contributed by atoms with Gasteiger partial charge in [-0.3, -0.25) is 4.79 Å². The van der Waals surface area contributed by atoms with Crippen LogP contribution in [0.15, 0.2) is 24.3 Å². The second-order valence-electron chi connectivity index (χ2n) is 4.32. The van der Waals surface area contributed by atoms with Gasteiger partial charge in [0.2, 0.25) is 0 Å². The first-order valence-electron chi connectivity index (χ1n) is 5.87. The molecule has 3 N–H and O–H groups in total. The third-order valence-electron chi connectivity index (χ3n) is 2.65. The van der Waals surface area contributed by atoms with Crippen LogP contribution in [0.1, 0.15) is 16.8 Å². The van der Waals surface area contributed by atoms with Gasteiger partial charge in [0.15, 0.2) is 0 Å². The van der Waals surface area contributed by atoms with Crippen LogP contribution in [0.4, 0.5) is 5.69 Å². The van der Waals surface area contributed by atoms with E-state index in [4.69, 9.17) is 10.2 Å². The molecule has 0 heterocycles. The largest absolute Gasteiger partial charge is 0.480 e. The zero-order valence-corrected chi connectivity index (χ0v) is 11.0. The van der Waals surface area contributed by atoms with Crippen LogP contribution >= 0.6 is 0 Å². The molecule has 0 saturated carbocycles. The molecule has 0 aliphatic carbocycles. The fourth-order valence-corrected chi connectivity index (χ4v) is 1.55. The molecular weight excluding hydrogens is 248 g/mol. The number of anilines is 1. The summed E-state index contributed by atoms with van der Waals surface area (Å²) in [6.45, 7) is -0.297. The Kier molecular flexibility index (Phi) is 5.32. The number of amides is 1. The average molecular weight is 266 g/mol. The Hall–Kier alpha value is -2.08. The van der Waals surface area contributed by atoms with Gasteiger partial charge in [0.05, 0.1) is 0 Å². The van der Waals surface area contributed by atoms with Crippen LogP contribution in [0.5, 0.6) is 0 Å². The van der Waals surface area contributed by atoms with Crippen molar-refractivity contribution >= 4 is 17.6 Å². The van der Waals surface area contributed by atoms with Gasteiger partial charge in [-0.05, 0) is 18.2 Å². The van der Waals surface area contributed by atoms with E-state index in [0.29, 0.717) is 5.56 Å². The number of hydrogen-bond acceptors (Lipinski definition) is 4. The molecule has 1 aromatic carbocycles. The van der Waals surface area contributed by atoms with Crippen molar-refractivity contribution in [3.05, 3.63) is 29.8 Å². The third kappa shape index (κ3) is 4.26. The molecule has 1 aromatic rings. The zero-order valence-electron chi connectivity index (χ0n) is 11.0. The van der Waals surface area contributed by atoms with E-state index in [1.165, 1.54) is 0 Å². The number of aliphatic carboxylic acids is 1. The number of aliphatic hydroxyl groups excluding tert-OH is 1. The van der Waals surface area contributed by atoms with Gasteiger partial charge in [-0.15, -0.1) is 0 Å². The average Bonchev–Trinajstić information content (AvgIpc) is 2.38. The molecule has 0 aliphatic rings. The first-order valence-corrected chi connectivity index (χ1v) is 5.87. The van der Waals surface area contributed by atoms with Crippen LogP contribution < -0.4 is 10.2 Å². The van der Waals surface area contributed by atoms with Crippen LogP contribution in [0.3, 0.4) is 0 Å². The monoisotopic (exact) mass is 266 g/mol. The van der Waals surface area contributed by atoms with E-state index in [1.54, 1.807) is 18.2 Å². The SMILES string of the molecule is CN(C)c1cccc(C(=O)N[C@@H](CCO)C(=O)O)c1. The quantitative estimate of drug-likeness (QED) is 0.690. The Bertz CT molecular complexity index is 460. The second kappa shape index (κ2) is 6.75. The van der Waals surface area contributed by atoms with Crippen molar-refractivity contribution in [1.82, 2.24) is 5.32 Å². The maximum atomic E-state index is 11.9.